The zero-order valence-corrected chi connectivity index (χ0v) is 22.1. The molecular formula is C27H25F5N2O6S. The maximum atomic E-state index is 13.5. The number of aliphatic carboxylic acids is 1. The first kappa shape index (κ1) is 31.3. The number of nitrogens with one attached hydrogen (secondary N) is 1. The van der Waals surface area contributed by atoms with E-state index in [1.54, 1.807) is 6.07 Å². The van der Waals surface area contributed by atoms with E-state index in [2.05, 4.69) is 16.9 Å². The van der Waals surface area contributed by atoms with Crippen molar-refractivity contribution in [3.8, 4) is 0 Å². The van der Waals surface area contributed by atoms with E-state index in [1.807, 2.05) is 23.1 Å². The number of anilines is 2. The Morgan fingerprint density at radius 3 is 2.05 bits per heavy atom. The lowest BCUT2D eigenvalue weighted by Crippen LogP contribution is -2.35. The Kier molecular flexibility index (Phi) is 9.92. The van der Waals surface area contributed by atoms with E-state index in [1.165, 1.54) is 17.7 Å². The minimum Gasteiger partial charge on any atom is -0.478 e. The number of carboxylic acid groups (broad SMARTS) is 2. The smallest absolute Gasteiger partial charge is 0.478 e. The molecule has 1 aliphatic rings. The Morgan fingerprint density at radius 1 is 0.902 bits per heavy atom. The van der Waals surface area contributed by atoms with E-state index in [0.717, 1.165) is 31.4 Å². The molecule has 3 N–H and O–H groups in total. The summed E-state index contributed by atoms with van der Waals surface area (Å²) in [6, 6.07) is 16.8. The number of hydrogen-bond acceptors (Lipinski definition) is 5. The normalized spacial score (nSPS) is 14.1. The fourth-order valence-corrected chi connectivity index (χ4v) is 5.29. The molecule has 41 heavy (non-hydrogen) atoms. The van der Waals surface area contributed by atoms with Gasteiger partial charge in [-0.25, -0.2) is 26.8 Å². The second kappa shape index (κ2) is 13.0. The van der Waals surface area contributed by atoms with Crippen molar-refractivity contribution in [1.29, 1.82) is 0 Å². The van der Waals surface area contributed by atoms with Crippen molar-refractivity contribution < 1.29 is 50.2 Å². The Hall–Kier alpha value is -4.20. The fourth-order valence-electron chi connectivity index (χ4n) is 4.23. The number of aromatic carboxylic acids is 1. The van der Waals surface area contributed by atoms with Gasteiger partial charge in [0.05, 0.1) is 16.1 Å². The van der Waals surface area contributed by atoms with Crippen LogP contribution in [0.5, 0.6) is 0 Å². The topological polar surface area (TPSA) is 124 Å². The molecule has 1 fully saturated rings. The monoisotopic (exact) mass is 600 g/mol. The average Bonchev–Trinajstić information content (AvgIpc) is 2.91. The summed E-state index contributed by atoms with van der Waals surface area (Å²) >= 11 is 0. The number of carbonyl (C=O) groups is 2. The maximum Gasteiger partial charge on any atom is 0.490 e. The molecule has 1 aliphatic heterocycles. The van der Waals surface area contributed by atoms with E-state index in [-0.39, 0.29) is 11.3 Å². The zero-order valence-electron chi connectivity index (χ0n) is 21.2. The van der Waals surface area contributed by atoms with Gasteiger partial charge < -0.3 is 15.1 Å². The maximum absolute atomic E-state index is 13.5. The molecule has 3 aromatic carbocycles. The number of nitrogens with zero attached hydrogens (tertiary/aromatic N) is 1. The number of alkyl halides is 3. The van der Waals surface area contributed by atoms with Crippen LogP contribution in [0, 0.1) is 17.6 Å². The summed E-state index contributed by atoms with van der Waals surface area (Å²) in [5.74, 6) is -5.89. The third-order valence-electron chi connectivity index (χ3n) is 6.25. The van der Waals surface area contributed by atoms with Crippen LogP contribution in [0.1, 0.15) is 28.8 Å². The van der Waals surface area contributed by atoms with Crippen LogP contribution in [-0.4, -0.2) is 49.8 Å². The first-order valence-corrected chi connectivity index (χ1v) is 13.6. The first-order valence-electron chi connectivity index (χ1n) is 12.1. The molecule has 0 amide bonds. The number of halogens is 5. The Labute approximate surface area is 232 Å². The van der Waals surface area contributed by atoms with Crippen LogP contribution in [-0.2, 0) is 21.2 Å². The molecular weight excluding hydrogens is 575 g/mol. The van der Waals surface area contributed by atoms with Crippen LogP contribution in [0.3, 0.4) is 0 Å². The molecule has 14 heteroatoms. The third-order valence-corrected chi connectivity index (χ3v) is 7.62. The highest BCUT2D eigenvalue weighted by molar-refractivity contribution is 7.92. The highest BCUT2D eigenvalue weighted by atomic mass is 32.2. The molecule has 0 spiro atoms. The summed E-state index contributed by atoms with van der Waals surface area (Å²) in [5.41, 5.74) is 1.78. The lowest BCUT2D eigenvalue weighted by molar-refractivity contribution is -0.192. The van der Waals surface area contributed by atoms with Crippen molar-refractivity contribution in [1.82, 2.24) is 0 Å². The van der Waals surface area contributed by atoms with E-state index in [4.69, 9.17) is 9.90 Å². The summed E-state index contributed by atoms with van der Waals surface area (Å²) < 4.78 is 85.7. The van der Waals surface area contributed by atoms with Crippen molar-refractivity contribution in [3.63, 3.8) is 0 Å². The van der Waals surface area contributed by atoms with Gasteiger partial charge in [0.25, 0.3) is 10.0 Å². The van der Waals surface area contributed by atoms with E-state index < -0.39 is 44.7 Å². The van der Waals surface area contributed by atoms with Crippen LogP contribution < -0.4 is 9.62 Å². The van der Waals surface area contributed by atoms with Crippen LogP contribution in [0.2, 0.25) is 0 Å². The minimum atomic E-state index is -5.08. The zero-order chi connectivity index (χ0) is 30.4. The van der Waals surface area contributed by atoms with E-state index in [9.17, 15) is 40.3 Å². The summed E-state index contributed by atoms with van der Waals surface area (Å²) in [6.45, 7) is 1.38. The van der Waals surface area contributed by atoms with Crippen molar-refractivity contribution in [2.75, 3.05) is 22.7 Å². The molecule has 0 unspecified atom stereocenters. The van der Waals surface area contributed by atoms with Crippen molar-refractivity contribution >= 4 is 33.3 Å². The largest absolute Gasteiger partial charge is 0.490 e. The van der Waals surface area contributed by atoms with Crippen molar-refractivity contribution in [2.45, 2.75) is 30.3 Å². The van der Waals surface area contributed by atoms with Crippen LogP contribution in [0.4, 0.5) is 33.3 Å². The molecule has 0 atom stereocenters. The SMILES string of the molecule is O=C(O)C(F)(F)F.O=C(O)c1cc(NS(=O)(=O)c2ccc(F)c(F)c2)ccc1N1CCC(Cc2ccccc2)CC1. The van der Waals surface area contributed by atoms with Gasteiger partial charge in [0, 0.05) is 18.8 Å². The Balaban J connectivity index is 0.000000587. The van der Waals surface area contributed by atoms with E-state index >= 15 is 0 Å². The molecule has 0 aliphatic carbocycles. The first-order chi connectivity index (χ1) is 19.2. The molecule has 4 rings (SSSR count). The Morgan fingerprint density at radius 2 is 1.51 bits per heavy atom. The number of rotatable bonds is 7. The number of sulfonamides is 1. The van der Waals surface area contributed by atoms with Crippen LogP contribution >= 0.6 is 0 Å². The molecule has 3 aromatic rings. The quantitative estimate of drug-likeness (QED) is 0.304. The molecule has 1 heterocycles. The number of carboxylic acids is 2. The summed E-state index contributed by atoms with van der Waals surface area (Å²) in [4.78, 5) is 22.4. The lowest BCUT2D eigenvalue weighted by Gasteiger charge is -2.34. The summed E-state index contributed by atoms with van der Waals surface area (Å²) in [6.07, 6.45) is -2.28. The molecule has 0 saturated carbocycles. The van der Waals surface area contributed by atoms with Gasteiger partial charge in [0.15, 0.2) is 11.6 Å². The van der Waals surface area contributed by atoms with Crippen molar-refractivity contribution in [2.24, 2.45) is 5.92 Å². The molecule has 220 valence electrons. The van der Waals surface area contributed by atoms with E-state index in [0.29, 0.717) is 30.8 Å². The molecule has 0 radical (unpaired) electrons. The van der Waals surface area contributed by atoms with Crippen LogP contribution in [0.25, 0.3) is 0 Å². The van der Waals surface area contributed by atoms with Gasteiger partial charge in [0.1, 0.15) is 0 Å². The van der Waals surface area contributed by atoms with Gasteiger partial charge in [-0.1, -0.05) is 30.3 Å². The number of piperidine rings is 1. The van der Waals surface area contributed by atoms with Gasteiger partial charge >= 0.3 is 18.1 Å². The predicted octanol–water partition coefficient (Wildman–Crippen LogP) is 5.56. The Bertz CT molecular complexity index is 1490. The third kappa shape index (κ3) is 8.64. The highest BCUT2D eigenvalue weighted by Gasteiger charge is 2.38. The molecule has 0 bridgehead atoms. The van der Waals surface area contributed by atoms with Gasteiger partial charge in [-0.15, -0.1) is 0 Å². The second-order valence-electron chi connectivity index (χ2n) is 9.14. The molecule has 8 nitrogen and oxygen atoms in total. The van der Waals surface area contributed by atoms with Gasteiger partial charge in [-0.3, -0.25) is 4.72 Å². The lowest BCUT2D eigenvalue weighted by atomic mass is 9.90. The standard InChI is InChI=1S/C25H24F2N2O4S.C2HF3O2/c26-22-8-7-20(16-23(22)27)34(32,33)28-19-6-9-24(21(15-19)25(30)31)29-12-10-18(11-13-29)14-17-4-2-1-3-5-17;3-2(4,5)1(6)7/h1-9,15-16,18,28H,10-14H2,(H,30,31);(H,6,7). The average molecular weight is 601 g/mol. The number of hydrogen-bond donors (Lipinski definition) is 3. The highest BCUT2D eigenvalue weighted by Crippen LogP contribution is 2.31. The summed E-state index contributed by atoms with van der Waals surface area (Å²) in [7, 11) is -4.23. The molecule has 0 aromatic heterocycles. The minimum absolute atomic E-state index is 0.0184. The van der Waals surface area contributed by atoms with Crippen LogP contribution in [0.15, 0.2) is 71.6 Å². The van der Waals surface area contributed by atoms with Gasteiger partial charge in [0.2, 0.25) is 0 Å². The number of benzene rings is 3. The van der Waals surface area contributed by atoms with Gasteiger partial charge in [-0.05, 0) is 67.1 Å². The van der Waals surface area contributed by atoms with Crippen molar-refractivity contribution in [3.05, 3.63) is 89.5 Å². The molecule has 1 saturated heterocycles. The predicted molar refractivity (Wildman–Crippen MR) is 139 cm³/mol. The van der Waals surface area contributed by atoms with Gasteiger partial charge in [-0.2, -0.15) is 13.2 Å². The summed E-state index contributed by atoms with van der Waals surface area (Å²) in [5, 5.41) is 16.9. The second-order valence-corrected chi connectivity index (χ2v) is 10.8. The fraction of sp³-hybridized carbons (Fsp3) is 0.259.